The largest absolute Gasteiger partial charge is 0.493 e. The molecule has 21 heavy (non-hydrogen) atoms. The molecule has 0 heterocycles. The molecule has 0 amide bonds. The first-order valence-corrected chi connectivity index (χ1v) is 6.51. The number of ether oxygens (including phenoxy) is 2. The maximum atomic E-state index is 12.4. The SMILES string of the molecule is COc1ccc(CNc2ccccc2C)cc1OC(F)F. The van der Waals surface area contributed by atoms with Gasteiger partial charge in [0.15, 0.2) is 11.5 Å². The Labute approximate surface area is 122 Å². The van der Waals surface area contributed by atoms with E-state index in [4.69, 9.17) is 4.74 Å². The van der Waals surface area contributed by atoms with Gasteiger partial charge in [0.05, 0.1) is 7.11 Å². The average Bonchev–Trinajstić information content (AvgIpc) is 2.46. The molecule has 5 heteroatoms. The molecule has 2 rings (SSSR count). The smallest absolute Gasteiger partial charge is 0.387 e. The number of alkyl halides is 2. The van der Waals surface area contributed by atoms with Gasteiger partial charge in [-0.3, -0.25) is 0 Å². The monoisotopic (exact) mass is 293 g/mol. The van der Waals surface area contributed by atoms with E-state index in [1.807, 2.05) is 37.3 Å². The van der Waals surface area contributed by atoms with Gasteiger partial charge in [0.25, 0.3) is 0 Å². The Morgan fingerprint density at radius 3 is 2.52 bits per heavy atom. The Bertz CT molecular complexity index is 603. The Morgan fingerprint density at radius 1 is 1.10 bits per heavy atom. The summed E-state index contributed by atoms with van der Waals surface area (Å²) < 4.78 is 34.2. The van der Waals surface area contributed by atoms with Gasteiger partial charge >= 0.3 is 6.61 Å². The maximum Gasteiger partial charge on any atom is 0.387 e. The molecule has 0 saturated heterocycles. The number of halogens is 2. The van der Waals surface area contributed by atoms with Crippen LogP contribution in [0.2, 0.25) is 0 Å². The molecule has 0 aliphatic heterocycles. The molecule has 0 atom stereocenters. The van der Waals surface area contributed by atoms with Gasteiger partial charge in [-0.05, 0) is 36.2 Å². The van der Waals surface area contributed by atoms with Gasteiger partial charge in [0.1, 0.15) is 0 Å². The minimum absolute atomic E-state index is 0.0385. The van der Waals surface area contributed by atoms with E-state index in [0.717, 1.165) is 16.8 Å². The number of rotatable bonds is 6. The van der Waals surface area contributed by atoms with Crippen molar-refractivity contribution in [1.29, 1.82) is 0 Å². The van der Waals surface area contributed by atoms with Gasteiger partial charge in [0, 0.05) is 12.2 Å². The highest BCUT2D eigenvalue weighted by atomic mass is 19.3. The second-order valence-corrected chi connectivity index (χ2v) is 4.53. The molecule has 0 saturated carbocycles. The Balaban J connectivity index is 2.12. The van der Waals surface area contributed by atoms with Crippen LogP contribution < -0.4 is 14.8 Å². The van der Waals surface area contributed by atoms with Crippen molar-refractivity contribution >= 4 is 5.69 Å². The van der Waals surface area contributed by atoms with Gasteiger partial charge < -0.3 is 14.8 Å². The molecule has 0 aliphatic carbocycles. The summed E-state index contributed by atoms with van der Waals surface area (Å²) in [5, 5.41) is 3.26. The van der Waals surface area contributed by atoms with Crippen LogP contribution in [0.5, 0.6) is 11.5 Å². The summed E-state index contributed by atoms with van der Waals surface area (Å²) in [5.74, 6) is 0.325. The van der Waals surface area contributed by atoms with Gasteiger partial charge in [-0.15, -0.1) is 0 Å². The summed E-state index contributed by atoms with van der Waals surface area (Å²) in [6, 6.07) is 12.8. The number of anilines is 1. The number of aryl methyl sites for hydroxylation is 1. The van der Waals surface area contributed by atoms with Crippen LogP contribution in [0.4, 0.5) is 14.5 Å². The van der Waals surface area contributed by atoms with E-state index >= 15 is 0 Å². The van der Waals surface area contributed by atoms with Crippen molar-refractivity contribution in [2.75, 3.05) is 12.4 Å². The van der Waals surface area contributed by atoms with E-state index in [0.29, 0.717) is 6.54 Å². The summed E-state index contributed by atoms with van der Waals surface area (Å²) in [4.78, 5) is 0. The lowest BCUT2D eigenvalue weighted by Gasteiger charge is -2.13. The summed E-state index contributed by atoms with van der Waals surface area (Å²) in [6.45, 7) is -0.366. The van der Waals surface area contributed by atoms with Crippen LogP contribution in [0.15, 0.2) is 42.5 Å². The van der Waals surface area contributed by atoms with Gasteiger partial charge in [-0.2, -0.15) is 8.78 Å². The van der Waals surface area contributed by atoms with Gasteiger partial charge in [-0.1, -0.05) is 24.3 Å². The summed E-state index contributed by atoms with van der Waals surface area (Å²) >= 11 is 0. The van der Waals surface area contributed by atoms with Crippen LogP contribution >= 0.6 is 0 Å². The summed E-state index contributed by atoms with van der Waals surface area (Å²) in [6.07, 6.45) is 0. The van der Waals surface area contributed by atoms with Crippen molar-refractivity contribution in [1.82, 2.24) is 0 Å². The van der Waals surface area contributed by atoms with E-state index in [2.05, 4.69) is 10.1 Å². The summed E-state index contributed by atoms with van der Waals surface area (Å²) in [5.41, 5.74) is 2.95. The van der Waals surface area contributed by atoms with Crippen molar-refractivity contribution in [3.63, 3.8) is 0 Å². The number of nitrogens with one attached hydrogen (secondary N) is 1. The number of hydrogen-bond donors (Lipinski definition) is 1. The normalized spacial score (nSPS) is 10.5. The Kier molecular flexibility index (Phi) is 4.98. The van der Waals surface area contributed by atoms with Crippen LogP contribution in [0.1, 0.15) is 11.1 Å². The zero-order valence-electron chi connectivity index (χ0n) is 11.9. The van der Waals surface area contributed by atoms with Crippen LogP contribution in [-0.4, -0.2) is 13.7 Å². The topological polar surface area (TPSA) is 30.5 Å². The number of hydrogen-bond acceptors (Lipinski definition) is 3. The third kappa shape index (κ3) is 4.08. The lowest BCUT2D eigenvalue weighted by atomic mass is 10.1. The van der Waals surface area contributed by atoms with E-state index in [1.165, 1.54) is 7.11 Å². The third-order valence-corrected chi connectivity index (χ3v) is 3.07. The average molecular weight is 293 g/mol. The van der Waals surface area contributed by atoms with Crippen LogP contribution in [0.3, 0.4) is 0 Å². The standard InChI is InChI=1S/C16H17F2NO2/c1-11-5-3-4-6-13(11)19-10-12-7-8-14(20-2)15(9-12)21-16(17)18/h3-9,16,19H,10H2,1-2H3. The van der Waals surface area contributed by atoms with Crippen LogP contribution in [-0.2, 0) is 6.54 Å². The molecular formula is C16H17F2NO2. The quantitative estimate of drug-likeness (QED) is 0.865. The van der Waals surface area contributed by atoms with Crippen molar-refractivity contribution in [2.24, 2.45) is 0 Å². The molecular weight excluding hydrogens is 276 g/mol. The molecule has 3 nitrogen and oxygen atoms in total. The van der Waals surface area contributed by atoms with Crippen molar-refractivity contribution in [2.45, 2.75) is 20.1 Å². The fourth-order valence-electron chi connectivity index (χ4n) is 1.99. The maximum absolute atomic E-state index is 12.4. The van der Waals surface area contributed by atoms with Crippen molar-refractivity contribution in [3.8, 4) is 11.5 Å². The van der Waals surface area contributed by atoms with E-state index < -0.39 is 6.61 Å². The fourth-order valence-corrected chi connectivity index (χ4v) is 1.99. The highest BCUT2D eigenvalue weighted by Crippen LogP contribution is 2.29. The molecule has 0 unspecified atom stereocenters. The molecule has 2 aromatic rings. The van der Waals surface area contributed by atoms with E-state index in [-0.39, 0.29) is 11.5 Å². The van der Waals surface area contributed by atoms with Crippen molar-refractivity contribution in [3.05, 3.63) is 53.6 Å². The first kappa shape index (κ1) is 15.1. The third-order valence-electron chi connectivity index (χ3n) is 3.07. The second-order valence-electron chi connectivity index (χ2n) is 4.53. The molecule has 2 aromatic carbocycles. The molecule has 0 aromatic heterocycles. The second kappa shape index (κ2) is 6.92. The van der Waals surface area contributed by atoms with Gasteiger partial charge in [-0.25, -0.2) is 0 Å². The van der Waals surface area contributed by atoms with E-state index in [9.17, 15) is 8.78 Å². The molecule has 1 N–H and O–H groups in total. The predicted molar refractivity (Wildman–Crippen MR) is 78.1 cm³/mol. The van der Waals surface area contributed by atoms with Crippen molar-refractivity contribution < 1.29 is 18.3 Å². The molecule has 112 valence electrons. The zero-order valence-corrected chi connectivity index (χ0v) is 11.9. The lowest BCUT2D eigenvalue weighted by molar-refractivity contribution is -0.0512. The Hall–Kier alpha value is -2.30. The lowest BCUT2D eigenvalue weighted by Crippen LogP contribution is -2.05. The predicted octanol–water partition coefficient (Wildman–Crippen LogP) is 4.22. The minimum atomic E-state index is -2.88. The molecule has 0 bridgehead atoms. The number of benzene rings is 2. The highest BCUT2D eigenvalue weighted by molar-refractivity contribution is 5.51. The van der Waals surface area contributed by atoms with Crippen LogP contribution in [0, 0.1) is 6.92 Å². The molecule has 0 radical (unpaired) electrons. The molecule has 0 spiro atoms. The van der Waals surface area contributed by atoms with E-state index in [1.54, 1.807) is 12.1 Å². The zero-order chi connectivity index (χ0) is 15.2. The van der Waals surface area contributed by atoms with Gasteiger partial charge in [0.2, 0.25) is 0 Å². The number of methoxy groups -OCH3 is 1. The summed E-state index contributed by atoms with van der Waals surface area (Å²) in [7, 11) is 1.42. The fraction of sp³-hybridized carbons (Fsp3) is 0.250. The first-order chi connectivity index (χ1) is 10.1. The van der Waals surface area contributed by atoms with Crippen LogP contribution in [0.25, 0.3) is 0 Å². The Morgan fingerprint density at radius 2 is 1.86 bits per heavy atom. The molecule has 0 aliphatic rings. The first-order valence-electron chi connectivity index (χ1n) is 6.51. The number of para-hydroxylation sites is 1. The highest BCUT2D eigenvalue weighted by Gasteiger charge is 2.11. The molecule has 0 fully saturated rings. The minimum Gasteiger partial charge on any atom is -0.493 e.